The second-order valence-corrected chi connectivity index (χ2v) is 6.80. The van der Waals surface area contributed by atoms with Crippen molar-refractivity contribution in [3.8, 4) is 5.75 Å². The van der Waals surface area contributed by atoms with Gasteiger partial charge in [-0.25, -0.2) is 5.48 Å². The lowest BCUT2D eigenvalue weighted by molar-refractivity contribution is -0.134. The lowest BCUT2D eigenvalue weighted by Gasteiger charge is -2.24. The van der Waals surface area contributed by atoms with Crippen LogP contribution in [-0.4, -0.2) is 48.2 Å². The minimum Gasteiger partial charge on any atom is -0.508 e. The van der Waals surface area contributed by atoms with Gasteiger partial charge in [0.1, 0.15) is 12.5 Å². The number of hydroxylamine groups is 1. The summed E-state index contributed by atoms with van der Waals surface area (Å²) in [6, 6.07) is 14.8. The molecule has 0 heterocycles. The topological polar surface area (TPSA) is 117 Å². The highest BCUT2D eigenvalue weighted by Gasteiger charge is 2.25. The number of phenolic OH excluding ortho intramolecular Hbond substituents is 1. The van der Waals surface area contributed by atoms with Gasteiger partial charge in [0.15, 0.2) is 0 Å². The first kappa shape index (κ1) is 23.3. The molecule has 2 aromatic carbocycles. The SMILES string of the molecule is CCOCOC[C@H](C[C@H](Cc1ccccc1)C(=O)NO)NC(=O)c1ccc(O)cc1. The third kappa shape index (κ3) is 7.82. The Morgan fingerprint density at radius 2 is 1.73 bits per heavy atom. The van der Waals surface area contributed by atoms with Crippen molar-refractivity contribution in [3.63, 3.8) is 0 Å². The van der Waals surface area contributed by atoms with Crippen LogP contribution in [0.4, 0.5) is 0 Å². The molecule has 4 N–H and O–H groups in total. The molecule has 162 valence electrons. The van der Waals surface area contributed by atoms with Crippen LogP contribution in [0.2, 0.25) is 0 Å². The van der Waals surface area contributed by atoms with Gasteiger partial charge < -0.3 is 19.9 Å². The highest BCUT2D eigenvalue weighted by molar-refractivity contribution is 5.94. The quantitative estimate of drug-likeness (QED) is 0.182. The maximum atomic E-state index is 12.6. The van der Waals surface area contributed by atoms with Gasteiger partial charge in [0.2, 0.25) is 5.91 Å². The van der Waals surface area contributed by atoms with Crippen molar-refractivity contribution in [1.82, 2.24) is 10.8 Å². The Morgan fingerprint density at radius 1 is 1.03 bits per heavy atom. The zero-order valence-electron chi connectivity index (χ0n) is 16.9. The Morgan fingerprint density at radius 3 is 2.37 bits per heavy atom. The van der Waals surface area contributed by atoms with Gasteiger partial charge in [-0.1, -0.05) is 30.3 Å². The number of nitrogens with one attached hydrogen (secondary N) is 2. The summed E-state index contributed by atoms with van der Waals surface area (Å²) in [6.07, 6.45) is 0.640. The second-order valence-electron chi connectivity index (χ2n) is 6.80. The molecule has 2 atom stereocenters. The number of aromatic hydroxyl groups is 1. The van der Waals surface area contributed by atoms with Crippen molar-refractivity contribution in [2.45, 2.75) is 25.8 Å². The highest BCUT2D eigenvalue weighted by Crippen LogP contribution is 2.16. The van der Waals surface area contributed by atoms with E-state index in [-0.39, 0.29) is 31.5 Å². The Labute approximate surface area is 175 Å². The number of carbonyl (C=O) groups excluding carboxylic acids is 2. The predicted molar refractivity (Wildman–Crippen MR) is 110 cm³/mol. The third-order valence-electron chi connectivity index (χ3n) is 4.53. The molecule has 0 saturated carbocycles. The van der Waals surface area contributed by atoms with Crippen molar-refractivity contribution in [2.75, 3.05) is 20.0 Å². The molecule has 0 bridgehead atoms. The van der Waals surface area contributed by atoms with Crippen LogP contribution in [0, 0.1) is 5.92 Å². The van der Waals surface area contributed by atoms with E-state index in [4.69, 9.17) is 14.7 Å². The van der Waals surface area contributed by atoms with E-state index < -0.39 is 17.9 Å². The van der Waals surface area contributed by atoms with Crippen molar-refractivity contribution in [3.05, 3.63) is 65.7 Å². The molecule has 0 aliphatic rings. The van der Waals surface area contributed by atoms with Crippen LogP contribution in [0.5, 0.6) is 5.75 Å². The zero-order chi connectivity index (χ0) is 21.8. The Hall–Kier alpha value is -2.94. The first-order chi connectivity index (χ1) is 14.5. The first-order valence-electron chi connectivity index (χ1n) is 9.76. The van der Waals surface area contributed by atoms with Gasteiger partial charge >= 0.3 is 0 Å². The maximum Gasteiger partial charge on any atom is 0.251 e. The predicted octanol–water partition coefficient (Wildman–Crippen LogP) is 2.26. The first-order valence-corrected chi connectivity index (χ1v) is 9.76. The van der Waals surface area contributed by atoms with E-state index in [1.807, 2.05) is 37.3 Å². The number of ether oxygens (including phenoxy) is 2. The summed E-state index contributed by atoms with van der Waals surface area (Å²) < 4.78 is 10.7. The van der Waals surface area contributed by atoms with Crippen LogP contribution >= 0.6 is 0 Å². The molecular formula is C22H28N2O6. The second kappa shape index (κ2) is 12.6. The maximum absolute atomic E-state index is 12.6. The van der Waals surface area contributed by atoms with Gasteiger partial charge in [0, 0.05) is 18.1 Å². The summed E-state index contributed by atoms with van der Waals surface area (Å²) in [7, 11) is 0. The largest absolute Gasteiger partial charge is 0.508 e. The summed E-state index contributed by atoms with van der Waals surface area (Å²) in [6.45, 7) is 2.54. The van der Waals surface area contributed by atoms with Gasteiger partial charge in [0.05, 0.1) is 12.6 Å². The molecule has 0 aromatic heterocycles. The van der Waals surface area contributed by atoms with E-state index in [0.29, 0.717) is 18.6 Å². The normalized spacial score (nSPS) is 12.7. The monoisotopic (exact) mass is 416 g/mol. The van der Waals surface area contributed by atoms with Crippen molar-refractivity contribution < 1.29 is 29.4 Å². The van der Waals surface area contributed by atoms with Gasteiger partial charge in [0.25, 0.3) is 5.91 Å². The number of hydrogen-bond donors (Lipinski definition) is 4. The summed E-state index contributed by atoms with van der Waals surface area (Å²) >= 11 is 0. The molecule has 2 amide bonds. The molecule has 0 aliphatic heterocycles. The lowest BCUT2D eigenvalue weighted by Crippen LogP contribution is -2.42. The van der Waals surface area contributed by atoms with E-state index in [9.17, 15) is 14.7 Å². The van der Waals surface area contributed by atoms with Gasteiger partial charge in [-0.15, -0.1) is 0 Å². The summed E-state index contributed by atoms with van der Waals surface area (Å²) in [5.41, 5.74) is 3.02. The lowest BCUT2D eigenvalue weighted by atomic mass is 9.92. The molecule has 0 spiro atoms. The van der Waals surface area contributed by atoms with Crippen LogP contribution in [0.25, 0.3) is 0 Å². The van der Waals surface area contributed by atoms with Crippen molar-refractivity contribution in [2.24, 2.45) is 5.92 Å². The molecule has 30 heavy (non-hydrogen) atoms. The number of hydrogen-bond acceptors (Lipinski definition) is 6. The molecule has 2 aromatic rings. The van der Waals surface area contributed by atoms with Gasteiger partial charge in [-0.05, 0) is 49.6 Å². The zero-order valence-corrected chi connectivity index (χ0v) is 16.9. The number of amides is 2. The standard InChI is InChI=1S/C22H28N2O6/c1-2-29-15-30-14-19(23-21(26)17-8-10-20(25)11-9-17)13-18(22(27)24-28)12-16-6-4-3-5-7-16/h3-11,18-19,25,28H,2,12-15H2,1H3,(H,23,26)(H,24,27)/t18-,19-/m0/s1. The molecule has 0 saturated heterocycles. The molecule has 0 aliphatic carbocycles. The smallest absolute Gasteiger partial charge is 0.251 e. The molecule has 2 rings (SSSR count). The minimum atomic E-state index is -0.585. The van der Waals surface area contributed by atoms with E-state index in [1.54, 1.807) is 5.48 Å². The van der Waals surface area contributed by atoms with Crippen LogP contribution in [0.15, 0.2) is 54.6 Å². The number of carbonyl (C=O) groups is 2. The molecule has 8 heteroatoms. The molecule has 0 radical (unpaired) electrons. The number of phenols is 1. The fraction of sp³-hybridized carbons (Fsp3) is 0.364. The number of rotatable bonds is 12. The van der Waals surface area contributed by atoms with Crippen LogP contribution in [-0.2, 0) is 20.7 Å². The number of benzene rings is 2. The molecule has 0 unspecified atom stereocenters. The van der Waals surface area contributed by atoms with E-state index in [1.165, 1.54) is 24.3 Å². The minimum absolute atomic E-state index is 0.0608. The highest BCUT2D eigenvalue weighted by atomic mass is 16.7. The molecule has 0 fully saturated rings. The van der Waals surface area contributed by atoms with Crippen LogP contribution in [0.1, 0.15) is 29.3 Å². The van der Waals surface area contributed by atoms with Crippen LogP contribution in [0.3, 0.4) is 0 Å². The Balaban J connectivity index is 2.10. The van der Waals surface area contributed by atoms with Gasteiger partial charge in [-0.2, -0.15) is 0 Å². The third-order valence-corrected chi connectivity index (χ3v) is 4.53. The van der Waals surface area contributed by atoms with E-state index in [2.05, 4.69) is 5.32 Å². The van der Waals surface area contributed by atoms with Crippen molar-refractivity contribution in [1.29, 1.82) is 0 Å². The molecule has 8 nitrogen and oxygen atoms in total. The summed E-state index contributed by atoms with van der Waals surface area (Å²) in [5.74, 6) is -1.42. The summed E-state index contributed by atoms with van der Waals surface area (Å²) in [4.78, 5) is 24.9. The van der Waals surface area contributed by atoms with E-state index in [0.717, 1.165) is 5.56 Å². The fourth-order valence-electron chi connectivity index (χ4n) is 3.00. The Bertz CT molecular complexity index is 782. The van der Waals surface area contributed by atoms with Crippen LogP contribution < -0.4 is 10.8 Å². The van der Waals surface area contributed by atoms with E-state index >= 15 is 0 Å². The average Bonchev–Trinajstić information content (AvgIpc) is 2.76. The molecular weight excluding hydrogens is 388 g/mol. The Kier molecular flexibility index (Phi) is 9.79. The summed E-state index contributed by atoms with van der Waals surface area (Å²) in [5, 5.41) is 21.4. The fourth-order valence-corrected chi connectivity index (χ4v) is 3.00. The van der Waals surface area contributed by atoms with Gasteiger partial charge in [-0.3, -0.25) is 14.8 Å². The average molecular weight is 416 g/mol. The van der Waals surface area contributed by atoms with Crippen molar-refractivity contribution >= 4 is 11.8 Å².